The number of nitrogens with zero attached hydrogens (tertiary/aromatic N) is 2. The molecule has 1 aromatic heterocycles. The second-order valence-electron chi connectivity index (χ2n) is 7.84. The maximum atomic E-state index is 12.8. The number of carbonyl (C=O) groups excluding carboxylic acids is 1. The van der Waals surface area contributed by atoms with Gasteiger partial charge < -0.3 is 9.64 Å². The lowest BCUT2D eigenvalue weighted by Gasteiger charge is -2.43. The van der Waals surface area contributed by atoms with Crippen LogP contribution < -0.4 is 4.74 Å². The van der Waals surface area contributed by atoms with E-state index in [-0.39, 0.29) is 5.91 Å². The summed E-state index contributed by atoms with van der Waals surface area (Å²) in [4.78, 5) is 19.4. The topological polar surface area (TPSA) is 42.4 Å². The Bertz CT molecular complexity index is 843. The molecule has 0 spiro atoms. The highest BCUT2D eigenvalue weighted by Gasteiger charge is 2.34. The Balaban J connectivity index is 1.37. The first kappa shape index (κ1) is 19.2. The molecule has 0 N–H and O–H groups in total. The first-order chi connectivity index (χ1) is 13.7. The van der Waals surface area contributed by atoms with E-state index in [2.05, 4.69) is 9.88 Å². The van der Waals surface area contributed by atoms with Gasteiger partial charge in [-0.25, -0.2) is 4.98 Å². The summed E-state index contributed by atoms with van der Waals surface area (Å²) in [6, 6.07) is 8.33. The van der Waals surface area contributed by atoms with Crippen LogP contribution in [0.4, 0.5) is 0 Å². The summed E-state index contributed by atoms with van der Waals surface area (Å²) >= 11 is 1.63. The number of aryl methyl sites for hydroxylation is 1. The number of hydrogen-bond donors (Lipinski definition) is 0. The number of amides is 1. The summed E-state index contributed by atoms with van der Waals surface area (Å²) in [6.45, 7) is 3.36. The van der Waals surface area contributed by atoms with Gasteiger partial charge in [0.15, 0.2) is 0 Å². The quantitative estimate of drug-likeness (QED) is 0.650. The summed E-state index contributed by atoms with van der Waals surface area (Å²) in [5.41, 5.74) is 1.93. The zero-order chi connectivity index (χ0) is 19.3. The van der Waals surface area contributed by atoms with E-state index in [0.29, 0.717) is 18.6 Å². The van der Waals surface area contributed by atoms with Crippen LogP contribution >= 0.6 is 11.3 Å². The molecule has 1 aliphatic heterocycles. The molecule has 2 aliphatic rings. The van der Waals surface area contributed by atoms with Gasteiger partial charge in [0.25, 0.3) is 0 Å². The number of aromatic nitrogens is 1. The van der Waals surface area contributed by atoms with Crippen LogP contribution in [0.5, 0.6) is 5.75 Å². The Hall–Kier alpha value is -2.14. The summed E-state index contributed by atoms with van der Waals surface area (Å²) < 4.78 is 5.85. The van der Waals surface area contributed by atoms with E-state index in [4.69, 9.17) is 4.74 Å². The van der Waals surface area contributed by atoms with E-state index in [9.17, 15) is 4.79 Å². The highest BCUT2D eigenvalue weighted by atomic mass is 32.1. The minimum Gasteiger partial charge on any atom is -0.487 e. The average Bonchev–Trinajstić information content (AvgIpc) is 3.15. The fourth-order valence-corrected chi connectivity index (χ4v) is 5.10. The number of hydrogen-bond acceptors (Lipinski definition) is 4. The highest BCUT2D eigenvalue weighted by molar-refractivity contribution is 7.09. The van der Waals surface area contributed by atoms with Crippen molar-refractivity contribution in [1.29, 1.82) is 0 Å². The Kier molecular flexibility index (Phi) is 6.10. The van der Waals surface area contributed by atoms with Crippen LogP contribution in [0.1, 0.15) is 54.8 Å². The molecule has 1 amide bonds. The van der Waals surface area contributed by atoms with Gasteiger partial charge in [-0.15, -0.1) is 11.3 Å². The van der Waals surface area contributed by atoms with Crippen LogP contribution in [0.2, 0.25) is 0 Å². The van der Waals surface area contributed by atoms with E-state index in [1.165, 1.54) is 32.1 Å². The predicted octanol–water partition coefficient (Wildman–Crippen LogP) is 5.22. The molecule has 1 saturated carbocycles. The van der Waals surface area contributed by atoms with Gasteiger partial charge in [0.2, 0.25) is 5.91 Å². The fourth-order valence-electron chi connectivity index (χ4n) is 4.50. The average molecular weight is 397 g/mol. The van der Waals surface area contributed by atoms with E-state index < -0.39 is 0 Å². The largest absolute Gasteiger partial charge is 0.487 e. The third-order valence-corrected chi connectivity index (χ3v) is 6.68. The van der Waals surface area contributed by atoms with Crippen molar-refractivity contribution in [1.82, 2.24) is 9.88 Å². The molecular formula is C23H28N2O2S. The van der Waals surface area contributed by atoms with Crippen LogP contribution in [-0.4, -0.2) is 28.4 Å². The predicted molar refractivity (Wildman–Crippen MR) is 113 cm³/mol. The van der Waals surface area contributed by atoms with Crippen molar-refractivity contribution < 1.29 is 9.53 Å². The Morgan fingerprint density at radius 2 is 2.14 bits per heavy atom. The molecule has 0 bridgehead atoms. The maximum absolute atomic E-state index is 12.8. The number of benzene rings is 1. The molecule has 2 heterocycles. The van der Waals surface area contributed by atoms with Gasteiger partial charge >= 0.3 is 0 Å². The molecule has 1 saturated heterocycles. The molecule has 4 nitrogen and oxygen atoms in total. The normalized spacial score (nSPS) is 22.2. The zero-order valence-electron chi connectivity index (χ0n) is 16.5. The molecular weight excluding hydrogens is 368 g/mol. The number of piperidine rings is 1. The third-order valence-electron chi connectivity index (χ3n) is 5.86. The molecule has 2 fully saturated rings. The number of fused-ring (bicyclic) bond motifs is 1. The van der Waals surface area contributed by atoms with Gasteiger partial charge in [-0.1, -0.05) is 25.0 Å². The van der Waals surface area contributed by atoms with E-state index in [1.54, 1.807) is 17.4 Å². The summed E-state index contributed by atoms with van der Waals surface area (Å²) in [5.74, 6) is 1.66. The smallest absolute Gasteiger partial charge is 0.246 e. The number of carbonyl (C=O) groups is 1. The Morgan fingerprint density at radius 1 is 1.29 bits per heavy atom. The first-order valence-electron chi connectivity index (χ1n) is 10.3. The SMILES string of the molecule is Cc1nc(COc2cccc(/C=C/C(=O)N3CCCC4CCCCC43)c2)cs1. The lowest BCUT2D eigenvalue weighted by molar-refractivity contribution is -0.132. The number of likely N-dealkylation sites (tertiary alicyclic amines) is 1. The summed E-state index contributed by atoms with van der Waals surface area (Å²) in [6.07, 6.45) is 11.1. The van der Waals surface area contributed by atoms with Gasteiger partial charge in [0.05, 0.1) is 10.7 Å². The number of rotatable bonds is 5. The van der Waals surface area contributed by atoms with Crippen molar-refractivity contribution in [3.05, 3.63) is 52.0 Å². The van der Waals surface area contributed by atoms with Crippen molar-refractivity contribution in [3.63, 3.8) is 0 Å². The Labute approximate surface area is 171 Å². The van der Waals surface area contributed by atoms with Gasteiger partial charge in [0.1, 0.15) is 12.4 Å². The highest BCUT2D eigenvalue weighted by Crippen LogP contribution is 2.35. The van der Waals surface area contributed by atoms with Crippen LogP contribution in [0, 0.1) is 12.8 Å². The monoisotopic (exact) mass is 396 g/mol. The van der Waals surface area contributed by atoms with Crippen molar-refractivity contribution in [2.24, 2.45) is 5.92 Å². The van der Waals surface area contributed by atoms with Crippen molar-refractivity contribution >= 4 is 23.3 Å². The lowest BCUT2D eigenvalue weighted by Crippen LogP contribution is -2.49. The summed E-state index contributed by atoms with van der Waals surface area (Å²) in [5, 5.41) is 3.07. The molecule has 1 aliphatic carbocycles. The van der Waals surface area contributed by atoms with E-state index in [0.717, 1.165) is 35.0 Å². The van der Waals surface area contributed by atoms with Crippen LogP contribution in [0.3, 0.4) is 0 Å². The third kappa shape index (κ3) is 4.64. The second kappa shape index (κ2) is 8.91. The fraction of sp³-hybridized carbons (Fsp3) is 0.478. The van der Waals surface area contributed by atoms with Crippen molar-refractivity contribution in [3.8, 4) is 5.75 Å². The van der Waals surface area contributed by atoms with Gasteiger partial charge in [0, 0.05) is 24.0 Å². The van der Waals surface area contributed by atoms with Crippen molar-refractivity contribution in [2.45, 2.75) is 58.1 Å². The second-order valence-corrected chi connectivity index (χ2v) is 8.90. The first-order valence-corrected chi connectivity index (χ1v) is 11.2. The molecule has 148 valence electrons. The molecule has 2 aromatic rings. The number of thiazole rings is 1. The zero-order valence-corrected chi connectivity index (χ0v) is 17.3. The lowest BCUT2D eigenvalue weighted by atomic mass is 9.78. The minimum absolute atomic E-state index is 0.154. The van der Waals surface area contributed by atoms with Gasteiger partial charge in [-0.05, 0) is 62.3 Å². The molecule has 5 heteroatoms. The molecule has 2 unspecified atom stereocenters. The van der Waals surface area contributed by atoms with Gasteiger partial charge in [-0.2, -0.15) is 0 Å². The van der Waals surface area contributed by atoms with E-state index in [1.807, 2.05) is 42.6 Å². The Morgan fingerprint density at radius 3 is 3.00 bits per heavy atom. The molecule has 0 radical (unpaired) electrons. The van der Waals surface area contributed by atoms with Crippen LogP contribution in [0.25, 0.3) is 6.08 Å². The molecule has 1 aromatic carbocycles. The number of ether oxygens (including phenoxy) is 1. The van der Waals surface area contributed by atoms with Gasteiger partial charge in [-0.3, -0.25) is 4.79 Å². The molecule has 4 rings (SSSR count). The van der Waals surface area contributed by atoms with E-state index >= 15 is 0 Å². The molecule has 2 atom stereocenters. The van der Waals surface area contributed by atoms with Crippen LogP contribution in [0.15, 0.2) is 35.7 Å². The van der Waals surface area contributed by atoms with Crippen molar-refractivity contribution in [2.75, 3.05) is 6.54 Å². The standard InChI is InChI=1S/C23H28N2O2S/c1-17-24-20(16-28-17)15-27-21-9-4-6-18(14-21)11-12-23(26)25-13-5-8-19-7-2-3-10-22(19)25/h4,6,9,11-12,14,16,19,22H,2-3,5,7-8,10,13,15H2,1H3/b12-11+. The summed E-state index contributed by atoms with van der Waals surface area (Å²) in [7, 11) is 0. The van der Waals surface area contributed by atoms with Crippen LogP contribution in [-0.2, 0) is 11.4 Å². The maximum Gasteiger partial charge on any atom is 0.246 e. The minimum atomic E-state index is 0.154. The molecule has 28 heavy (non-hydrogen) atoms.